The molecule has 0 saturated carbocycles. The molecule has 3 aromatic rings. The highest BCUT2D eigenvalue weighted by Gasteiger charge is 2.26. The van der Waals surface area contributed by atoms with Crippen molar-refractivity contribution in [3.8, 4) is 11.5 Å². The Hall–Kier alpha value is -3.87. The highest BCUT2D eigenvalue weighted by atomic mass is 19.1. The molecule has 0 fully saturated rings. The Kier molecular flexibility index (Phi) is 5.84. The summed E-state index contributed by atoms with van der Waals surface area (Å²) < 4.78 is 24.2. The Bertz CT molecular complexity index is 1100. The molecule has 1 N–H and O–H groups in total. The second-order valence-electron chi connectivity index (χ2n) is 7.23. The Morgan fingerprint density at radius 2 is 1.84 bits per heavy atom. The van der Waals surface area contributed by atoms with E-state index in [0.29, 0.717) is 22.9 Å². The highest BCUT2D eigenvalue weighted by Crippen LogP contribution is 2.35. The van der Waals surface area contributed by atoms with Gasteiger partial charge in [0.15, 0.2) is 13.2 Å². The smallest absolute Gasteiger partial charge is 0.265 e. The number of hydrogen-bond donors (Lipinski definition) is 1. The number of nitrogens with zero attached hydrogens (tertiary/aromatic N) is 1. The summed E-state index contributed by atoms with van der Waals surface area (Å²) in [5, 5.41) is 2.77. The standard InChI is InChI=1S/C24H21FN2O4/c1-16-2-9-20(10-3-16)30-14-23(28)26-19-8-11-22-21(12-19)27(24(29)15-31-22)13-17-4-6-18(25)7-5-17/h2-12H,13-15H2,1H3,(H,26,28). The molecule has 1 aliphatic rings. The van der Waals surface area contributed by atoms with Gasteiger partial charge < -0.3 is 19.7 Å². The minimum absolute atomic E-state index is 0.0791. The van der Waals surface area contributed by atoms with Crippen molar-refractivity contribution in [3.05, 3.63) is 83.7 Å². The number of halogens is 1. The quantitative estimate of drug-likeness (QED) is 0.653. The van der Waals surface area contributed by atoms with Gasteiger partial charge in [0.25, 0.3) is 11.8 Å². The third kappa shape index (κ3) is 5.01. The number of aryl methyl sites for hydroxylation is 1. The zero-order chi connectivity index (χ0) is 21.8. The largest absolute Gasteiger partial charge is 0.484 e. The van der Waals surface area contributed by atoms with Crippen molar-refractivity contribution in [2.24, 2.45) is 0 Å². The Morgan fingerprint density at radius 3 is 2.58 bits per heavy atom. The molecular weight excluding hydrogens is 399 g/mol. The predicted molar refractivity (Wildman–Crippen MR) is 115 cm³/mol. The molecule has 0 saturated heterocycles. The fourth-order valence-corrected chi connectivity index (χ4v) is 3.21. The van der Waals surface area contributed by atoms with E-state index in [1.165, 1.54) is 12.1 Å². The number of nitrogens with one attached hydrogen (secondary N) is 1. The topological polar surface area (TPSA) is 67.9 Å². The summed E-state index contributed by atoms with van der Waals surface area (Å²) >= 11 is 0. The molecule has 158 valence electrons. The van der Waals surface area contributed by atoms with Crippen LogP contribution in [-0.4, -0.2) is 25.0 Å². The lowest BCUT2D eigenvalue weighted by atomic mass is 10.1. The van der Waals surface area contributed by atoms with Gasteiger partial charge >= 0.3 is 0 Å². The number of rotatable bonds is 6. The molecule has 0 aromatic heterocycles. The minimum atomic E-state index is -0.338. The van der Waals surface area contributed by atoms with Crippen molar-refractivity contribution in [1.29, 1.82) is 0 Å². The van der Waals surface area contributed by atoms with Crippen LogP contribution < -0.4 is 19.7 Å². The molecular formula is C24H21FN2O4. The maximum absolute atomic E-state index is 13.2. The van der Waals surface area contributed by atoms with Gasteiger partial charge in [-0.25, -0.2) is 4.39 Å². The van der Waals surface area contributed by atoms with Crippen LogP contribution in [0.5, 0.6) is 11.5 Å². The van der Waals surface area contributed by atoms with Crippen molar-refractivity contribution in [1.82, 2.24) is 0 Å². The number of amides is 2. The van der Waals surface area contributed by atoms with Crippen LogP contribution in [0.1, 0.15) is 11.1 Å². The minimum Gasteiger partial charge on any atom is -0.484 e. The lowest BCUT2D eigenvalue weighted by molar-refractivity contribution is -0.121. The van der Waals surface area contributed by atoms with Crippen molar-refractivity contribution >= 4 is 23.2 Å². The van der Waals surface area contributed by atoms with Crippen LogP contribution in [0, 0.1) is 12.7 Å². The number of benzene rings is 3. The molecule has 7 heteroatoms. The van der Waals surface area contributed by atoms with Crippen LogP contribution in [-0.2, 0) is 16.1 Å². The van der Waals surface area contributed by atoms with Gasteiger partial charge in [-0.15, -0.1) is 0 Å². The van der Waals surface area contributed by atoms with Gasteiger partial charge in [-0.3, -0.25) is 9.59 Å². The van der Waals surface area contributed by atoms with E-state index < -0.39 is 0 Å². The van der Waals surface area contributed by atoms with Gasteiger partial charge in [-0.2, -0.15) is 0 Å². The van der Waals surface area contributed by atoms with Gasteiger partial charge in [0, 0.05) is 5.69 Å². The first-order chi connectivity index (χ1) is 15.0. The molecule has 3 aromatic carbocycles. The van der Waals surface area contributed by atoms with Gasteiger partial charge in [0.1, 0.15) is 17.3 Å². The summed E-state index contributed by atoms with van der Waals surface area (Å²) in [5.74, 6) is 0.262. The van der Waals surface area contributed by atoms with Crippen molar-refractivity contribution in [3.63, 3.8) is 0 Å². The summed E-state index contributed by atoms with van der Waals surface area (Å²) in [7, 11) is 0. The van der Waals surface area contributed by atoms with Gasteiger partial charge in [-0.1, -0.05) is 29.8 Å². The maximum atomic E-state index is 13.2. The average Bonchev–Trinajstić information content (AvgIpc) is 2.77. The molecule has 0 atom stereocenters. The maximum Gasteiger partial charge on any atom is 0.265 e. The highest BCUT2D eigenvalue weighted by molar-refractivity contribution is 5.99. The Morgan fingerprint density at radius 1 is 1.10 bits per heavy atom. The van der Waals surface area contributed by atoms with E-state index in [4.69, 9.17) is 9.47 Å². The SMILES string of the molecule is Cc1ccc(OCC(=O)Nc2ccc3c(c2)N(Cc2ccc(F)cc2)C(=O)CO3)cc1. The average molecular weight is 420 g/mol. The molecule has 2 amide bonds. The molecule has 1 heterocycles. The molecule has 0 aliphatic carbocycles. The fourth-order valence-electron chi connectivity index (χ4n) is 3.21. The first-order valence-corrected chi connectivity index (χ1v) is 9.79. The third-order valence-corrected chi connectivity index (χ3v) is 4.83. The number of ether oxygens (including phenoxy) is 2. The number of carbonyl (C=O) groups excluding carboxylic acids is 2. The number of fused-ring (bicyclic) bond motifs is 1. The lowest BCUT2D eigenvalue weighted by Gasteiger charge is -2.30. The van der Waals surface area contributed by atoms with Crippen molar-refractivity contribution in [2.75, 3.05) is 23.4 Å². The summed E-state index contributed by atoms with van der Waals surface area (Å²) in [6.45, 7) is 2.02. The molecule has 1 aliphatic heterocycles. The number of hydrogen-bond acceptors (Lipinski definition) is 4. The Labute approximate surface area is 179 Å². The third-order valence-electron chi connectivity index (χ3n) is 4.83. The molecule has 31 heavy (non-hydrogen) atoms. The molecule has 4 rings (SSSR count). The number of anilines is 2. The summed E-state index contributed by atoms with van der Waals surface area (Å²) in [6, 6.07) is 18.5. The Balaban J connectivity index is 1.46. The van der Waals surface area contributed by atoms with E-state index in [0.717, 1.165) is 11.1 Å². The van der Waals surface area contributed by atoms with Crippen molar-refractivity contribution in [2.45, 2.75) is 13.5 Å². The predicted octanol–water partition coefficient (Wildman–Crippen LogP) is 4.08. The van der Waals surface area contributed by atoms with E-state index in [9.17, 15) is 14.0 Å². The summed E-state index contributed by atoms with van der Waals surface area (Å²) in [4.78, 5) is 26.3. The molecule has 0 unspecified atom stereocenters. The first kappa shape index (κ1) is 20.4. The fraction of sp³-hybridized carbons (Fsp3) is 0.167. The van der Waals surface area contributed by atoms with Crippen LogP contribution in [0.2, 0.25) is 0 Å². The first-order valence-electron chi connectivity index (χ1n) is 9.79. The zero-order valence-corrected chi connectivity index (χ0v) is 16.9. The van der Waals surface area contributed by atoms with Crippen molar-refractivity contribution < 1.29 is 23.5 Å². The van der Waals surface area contributed by atoms with Crippen LogP contribution in [0.25, 0.3) is 0 Å². The summed E-state index contributed by atoms with van der Waals surface area (Å²) in [6.07, 6.45) is 0. The number of carbonyl (C=O) groups is 2. The van der Waals surface area contributed by atoms with Gasteiger partial charge in [0.05, 0.1) is 12.2 Å². The van der Waals surface area contributed by atoms with E-state index in [1.54, 1.807) is 47.4 Å². The molecule has 0 radical (unpaired) electrons. The second-order valence-corrected chi connectivity index (χ2v) is 7.23. The molecule has 6 nitrogen and oxygen atoms in total. The van der Waals surface area contributed by atoms with Crippen LogP contribution >= 0.6 is 0 Å². The second kappa shape index (κ2) is 8.87. The van der Waals surface area contributed by atoms with Crippen LogP contribution in [0.3, 0.4) is 0 Å². The monoisotopic (exact) mass is 420 g/mol. The van der Waals surface area contributed by atoms with E-state index in [2.05, 4.69) is 5.32 Å². The normalized spacial score (nSPS) is 12.7. The molecule has 0 bridgehead atoms. The van der Waals surface area contributed by atoms with E-state index >= 15 is 0 Å². The summed E-state index contributed by atoms with van der Waals surface area (Å²) in [5.41, 5.74) is 2.94. The van der Waals surface area contributed by atoms with Gasteiger partial charge in [0.2, 0.25) is 0 Å². The van der Waals surface area contributed by atoms with Crippen LogP contribution in [0.15, 0.2) is 66.7 Å². The van der Waals surface area contributed by atoms with E-state index in [1.807, 2.05) is 19.1 Å². The lowest BCUT2D eigenvalue weighted by Crippen LogP contribution is -2.38. The molecule has 0 spiro atoms. The van der Waals surface area contributed by atoms with Crippen LogP contribution in [0.4, 0.5) is 15.8 Å². The van der Waals surface area contributed by atoms with E-state index in [-0.39, 0.29) is 37.4 Å². The van der Waals surface area contributed by atoms with Gasteiger partial charge in [-0.05, 0) is 55.0 Å². The zero-order valence-electron chi connectivity index (χ0n) is 16.9.